The number of halogens is 2. The monoisotopic (exact) mass is 358 g/mol. The molecule has 0 saturated carbocycles. The molecule has 0 aliphatic heterocycles. The molecule has 0 fully saturated rings. The van der Waals surface area contributed by atoms with Crippen molar-refractivity contribution < 1.29 is 18.4 Å². The van der Waals surface area contributed by atoms with Gasteiger partial charge in [-0.1, -0.05) is 19.1 Å². The van der Waals surface area contributed by atoms with Crippen molar-refractivity contribution in [3.8, 4) is 0 Å². The second kappa shape index (κ2) is 7.30. The maximum absolute atomic E-state index is 13.8. The number of benzene rings is 1. The number of imidazole rings is 1. The highest BCUT2D eigenvalue weighted by Gasteiger charge is 2.22. The summed E-state index contributed by atoms with van der Waals surface area (Å²) in [6.07, 6.45) is 2.33. The van der Waals surface area contributed by atoms with Gasteiger partial charge in [-0.3, -0.25) is 14.0 Å². The number of aromatic nitrogens is 2. The van der Waals surface area contributed by atoms with Gasteiger partial charge in [-0.05, 0) is 30.7 Å². The average Bonchev–Trinajstić information content (AvgIpc) is 3.02. The zero-order valence-corrected chi connectivity index (χ0v) is 13.9. The van der Waals surface area contributed by atoms with Gasteiger partial charge in [-0.25, -0.2) is 13.8 Å². The van der Waals surface area contributed by atoms with E-state index < -0.39 is 29.1 Å². The van der Waals surface area contributed by atoms with E-state index in [1.807, 2.05) is 6.92 Å². The Balaban J connectivity index is 2.00. The molecule has 0 atom stereocenters. The molecule has 3 rings (SSSR count). The first-order valence-corrected chi connectivity index (χ1v) is 8.03. The minimum Gasteiger partial charge on any atom is -0.349 e. The molecule has 0 saturated heterocycles. The lowest BCUT2D eigenvalue weighted by molar-refractivity contribution is 0.0942. The van der Waals surface area contributed by atoms with Crippen LogP contribution in [0.25, 0.3) is 5.52 Å². The van der Waals surface area contributed by atoms with E-state index in [0.717, 1.165) is 18.6 Å². The Kier molecular flexibility index (Phi) is 4.92. The molecule has 0 radical (unpaired) electrons. The highest BCUT2D eigenvalue weighted by atomic mass is 19.1. The van der Waals surface area contributed by atoms with E-state index in [2.05, 4.69) is 15.6 Å². The Morgan fingerprint density at radius 1 is 1.08 bits per heavy atom. The lowest BCUT2D eigenvalue weighted by Gasteiger charge is -2.06. The number of carbonyl (C=O) groups is 2. The van der Waals surface area contributed by atoms with Crippen molar-refractivity contribution in [3.05, 3.63) is 65.7 Å². The molecule has 2 heterocycles. The zero-order valence-electron chi connectivity index (χ0n) is 13.9. The van der Waals surface area contributed by atoms with Crippen LogP contribution in [0.15, 0.2) is 42.6 Å². The first-order valence-electron chi connectivity index (χ1n) is 8.03. The Labute approximate surface area is 147 Å². The van der Waals surface area contributed by atoms with Crippen LogP contribution in [0.5, 0.6) is 0 Å². The predicted octanol–water partition coefficient (Wildman–Crippen LogP) is 3.00. The lowest BCUT2D eigenvalue weighted by Crippen LogP contribution is -2.26. The van der Waals surface area contributed by atoms with Crippen LogP contribution < -0.4 is 10.6 Å². The highest BCUT2D eigenvalue weighted by Crippen LogP contribution is 2.20. The van der Waals surface area contributed by atoms with Crippen LogP contribution in [0.4, 0.5) is 14.5 Å². The minimum absolute atomic E-state index is 0.0215. The van der Waals surface area contributed by atoms with Crippen LogP contribution in [0.2, 0.25) is 0 Å². The maximum atomic E-state index is 13.8. The number of carbonyl (C=O) groups excluding carboxylic acids is 2. The van der Waals surface area contributed by atoms with E-state index in [0.29, 0.717) is 12.1 Å². The molecule has 0 aliphatic carbocycles. The molecule has 26 heavy (non-hydrogen) atoms. The van der Waals surface area contributed by atoms with E-state index in [1.54, 1.807) is 24.4 Å². The van der Waals surface area contributed by atoms with E-state index in [4.69, 9.17) is 0 Å². The second-order valence-electron chi connectivity index (χ2n) is 5.55. The first-order chi connectivity index (χ1) is 12.5. The number of anilines is 1. The molecule has 0 unspecified atom stereocenters. The Hall–Kier alpha value is -3.29. The number of nitrogens with zero attached hydrogens (tertiary/aromatic N) is 2. The highest BCUT2D eigenvalue weighted by molar-refractivity contribution is 6.09. The van der Waals surface area contributed by atoms with Crippen molar-refractivity contribution in [3.63, 3.8) is 0 Å². The SMILES string of the molecule is CCCNC(=O)c1nc(C(=O)Nc2c(F)cccc2F)c2ccccn12. The molecule has 134 valence electrons. The maximum Gasteiger partial charge on any atom is 0.287 e. The second-order valence-corrected chi connectivity index (χ2v) is 5.55. The fraction of sp³-hybridized carbons (Fsp3) is 0.167. The summed E-state index contributed by atoms with van der Waals surface area (Å²) in [6.45, 7) is 2.37. The molecule has 3 aromatic rings. The third-order valence-electron chi connectivity index (χ3n) is 3.70. The van der Waals surface area contributed by atoms with Gasteiger partial charge in [0.1, 0.15) is 17.3 Å². The van der Waals surface area contributed by atoms with E-state index >= 15 is 0 Å². The van der Waals surface area contributed by atoms with Crippen LogP contribution in [0.1, 0.15) is 34.5 Å². The van der Waals surface area contributed by atoms with Gasteiger partial charge in [0.25, 0.3) is 11.8 Å². The molecule has 0 aliphatic rings. The summed E-state index contributed by atoms with van der Waals surface area (Å²) in [4.78, 5) is 28.9. The quantitative estimate of drug-likeness (QED) is 0.736. The van der Waals surface area contributed by atoms with Gasteiger partial charge in [0.15, 0.2) is 5.69 Å². The summed E-state index contributed by atoms with van der Waals surface area (Å²) >= 11 is 0. The third-order valence-corrected chi connectivity index (χ3v) is 3.70. The number of pyridine rings is 1. The summed E-state index contributed by atoms with van der Waals surface area (Å²) in [7, 11) is 0. The number of hydrogen-bond donors (Lipinski definition) is 2. The predicted molar refractivity (Wildman–Crippen MR) is 92.1 cm³/mol. The first kappa shape index (κ1) is 17.5. The normalized spacial score (nSPS) is 10.7. The van der Waals surface area contributed by atoms with Crippen LogP contribution in [0.3, 0.4) is 0 Å². The zero-order chi connectivity index (χ0) is 18.7. The van der Waals surface area contributed by atoms with E-state index in [1.165, 1.54) is 10.5 Å². The summed E-state index contributed by atoms with van der Waals surface area (Å²) in [5.74, 6) is -3.03. The molecule has 6 nitrogen and oxygen atoms in total. The van der Waals surface area contributed by atoms with Gasteiger partial charge in [-0.2, -0.15) is 0 Å². The lowest BCUT2D eigenvalue weighted by atomic mass is 10.2. The Bertz CT molecular complexity index is 964. The summed E-state index contributed by atoms with van der Waals surface area (Å²) in [6, 6.07) is 8.22. The van der Waals surface area contributed by atoms with Crippen LogP contribution >= 0.6 is 0 Å². The topological polar surface area (TPSA) is 75.5 Å². The van der Waals surface area contributed by atoms with Gasteiger partial charge >= 0.3 is 0 Å². The van der Waals surface area contributed by atoms with Gasteiger partial charge < -0.3 is 10.6 Å². The summed E-state index contributed by atoms with van der Waals surface area (Å²) < 4.78 is 29.0. The Morgan fingerprint density at radius 2 is 1.81 bits per heavy atom. The standard InChI is InChI=1S/C18H16F2N4O2/c1-2-9-21-18(26)16-22-15(13-8-3-4-10-24(13)16)17(25)23-14-11(19)6-5-7-12(14)20/h3-8,10H,2,9H2,1H3,(H,21,26)(H,23,25). The van der Waals surface area contributed by atoms with Crippen molar-refractivity contribution >= 4 is 23.0 Å². The summed E-state index contributed by atoms with van der Waals surface area (Å²) in [5, 5.41) is 4.87. The number of rotatable bonds is 5. The fourth-order valence-corrected chi connectivity index (χ4v) is 2.47. The van der Waals surface area contributed by atoms with Gasteiger partial charge in [0, 0.05) is 12.7 Å². The molecular weight excluding hydrogens is 342 g/mol. The number of para-hydroxylation sites is 1. The largest absolute Gasteiger partial charge is 0.349 e. The number of fused-ring (bicyclic) bond motifs is 1. The van der Waals surface area contributed by atoms with Crippen molar-refractivity contribution in [1.82, 2.24) is 14.7 Å². The number of nitrogens with one attached hydrogen (secondary N) is 2. The van der Waals surface area contributed by atoms with Gasteiger partial charge in [0.2, 0.25) is 5.82 Å². The molecule has 8 heteroatoms. The molecule has 2 N–H and O–H groups in total. The molecule has 1 aromatic carbocycles. The number of hydrogen-bond acceptors (Lipinski definition) is 3. The minimum atomic E-state index is -0.900. The summed E-state index contributed by atoms with van der Waals surface area (Å²) in [5.41, 5.74) is -0.315. The van der Waals surface area contributed by atoms with Gasteiger partial charge in [0.05, 0.1) is 5.52 Å². The molecule has 2 amide bonds. The number of amides is 2. The molecule has 2 aromatic heterocycles. The van der Waals surface area contributed by atoms with Crippen molar-refractivity contribution in [2.24, 2.45) is 0 Å². The molecule has 0 spiro atoms. The van der Waals surface area contributed by atoms with Crippen molar-refractivity contribution in [2.45, 2.75) is 13.3 Å². The smallest absolute Gasteiger partial charge is 0.287 e. The average molecular weight is 358 g/mol. The van der Waals surface area contributed by atoms with E-state index in [-0.39, 0.29) is 11.5 Å². The molecular formula is C18H16F2N4O2. The third kappa shape index (κ3) is 3.26. The van der Waals surface area contributed by atoms with Crippen molar-refractivity contribution in [1.29, 1.82) is 0 Å². The van der Waals surface area contributed by atoms with Crippen LogP contribution in [-0.4, -0.2) is 27.7 Å². The fourth-order valence-electron chi connectivity index (χ4n) is 2.47. The molecule has 0 bridgehead atoms. The van der Waals surface area contributed by atoms with Crippen LogP contribution in [-0.2, 0) is 0 Å². The van der Waals surface area contributed by atoms with E-state index in [9.17, 15) is 18.4 Å². The Morgan fingerprint density at radius 3 is 2.50 bits per heavy atom. The van der Waals surface area contributed by atoms with Crippen molar-refractivity contribution in [2.75, 3.05) is 11.9 Å². The van der Waals surface area contributed by atoms with Crippen LogP contribution in [0, 0.1) is 11.6 Å². The van der Waals surface area contributed by atoms with Gasteiger partial charge in [-0.15, -0.1) is 0 Å².